The normalized spacial score (nSPS) is 13.8. The van der Waals surface area contributed by atoms with Crippen LogP contribution in [0.5, 0.6) is 0 Å². The van der Waals surface area contributed by atoms with Crippen molar-refractivity contribution in [2.24, 2.45) is 7.05 Å². The molecule has 148 valence electrons. The van der Waals surface area contributed by atoms with E-state index in [9.17, 15) is 9.90 Å². The van der Waals surface area contributed by atoms with Crippen LogP contribution in [0.4, 0.5) is 4.79 Å². The van der Waals surface area contributed by atoms with E-state index in [1.807, 2.05) is 64.3 Å². The number of rotatable bonds is 8. The zero-order valence-corrected chi connectivity index (χ0v) is 16.5. The third kappa shape index (κ3) is 7.80. The highest BCUT2D eigenvalue weighted by Gasteiger charge is 2.24. The predicted octanol–water partition coefficient (Wildman–Crippen LogP) is 2.01. The van der Waals surface area contributed by atoms with Gasteiger partial charge in [0.25, 0.3) is 0 Å². The molecule has 1 aromatic carbocycles. The number of benzene rings is 1. The Morgan fingerprint density at radius 3 is 2.56 bits per heavy atom. The third-order valence-corrected chi connectivity index (χ3v) is 3.91. The molecular weight excluding hydrogens is 344 g/mol. The Morgan fingerprint density at radius 1 is 1.26 bits per heavy atom. The number of aliphatic hydroxyl groups excluding tert-OH is 1. The number of carbonyl (C=O) groups is 1. The Hall–Kier alpha value is -2.38. The van der Waals surface area contributed by atoms with Crippen molar-refractivity contribution >= 4 is 6.09 Å². The number of aliphatic hydroxyl groups is 1. The smallest absolute Gasteiger partial charge is 0.407 e. The fourth-order valence-corrected chi connectivity index (χ4v) is 2.68. The molecule has 0 spiro atoms. The van der Waals surface area contributed by atoms with Crippen molar-refractivity contribution in [3.8, 4) is 0 Å². The molecule has 3 N–H and O–H groups in total. The SMILES string of the molecule is Cn1cc(CNC[C@H](O)[C@H](Cc2ccccc2)NC(=O)OC(C)(C)C)cn1. The number of aromatic nitrogens is 2. The number of nitrogens with zero attached hydrogens (tertiary/aromatic N) is 2. The first kappa shape index (κ1) is 20.9. The topological polar surface area (TPSA) is 88.4 Å². The van der Waals surface area contributed by atoms with Gasteiger partial charge in [0.1, 0.15) is 5.60 Å². The zero-order chi connectivity index (χ0) is 19.9. The fourth-order valence-electron chi connectivity index (χ4n) is 2.68. The van der Waals surface area contributed by atoms with Gasteiger partial charge in [-0.05, 0) is 32.8 Å². The molecule has 2 aromatic rings. The molecule has 0 saturated carbocycles. The van der Waals surface area contributed by atoms with Crippen molar-refractivity contribution in [3.05, 3.63) is 53.9 Å². The summed E-state index contributed by atoms with van der Waals surface area (Å²) in [5, 5.41) is 20.8. The van der Waals surface area contributed by atoms with Gasteiger partial charge in [0.15, 0.2) is 0 Å². The first-order valence-electron chi connectivity index (χ1n) is 9.12. The standard InChI is InChI=1S/C20H30N4O3/c1-20(2,3)27-19(26)23-17(10-15-8-6-5-7-9-15)18(25)13-21-11-16-12-22-24(4)14-16/h5-9,12,14,17-18,21,25H,10-11,13H2,1-4H3,(H,23,26)/t17-,18-/m0/s1. The number of aryl methyl sites for hydroxylation is 1. The van der Waals surface area contributed by atoms with E-state index in [4.69, 9.17) is 4.74 Å². The molecule has 7 nitrogen and oxygen atoms in total. The summed E-state index contributed by atoms with van der Waals surface area (Å²) < 4.78 is 7.07. The Labute approximate surface area is 160 Å². The van der Waals surface area contributed by atoms with Crippen LogP contribution >= 0.6 is 0 Å². The summed E-state index contributed by atoms with van der Waals surface area (Å²) in [6, 6.07) is 9.29. The molecule has 0 radical (unpaired) electrons. The molecular formula is C20H30N4O3. The molecule has 1 aromatic heterocycles. The van der Waals surface area contributed by atoms with Crippen LogP contribution in [-0.2, 0) is 24.8 Å². The molecule has 7 heteroatoms. The molecule has 0 bridgehead atoms. The van der Waals surface area contributed by atoms with Crippen LogP contribution in [0.1, 0.15) is 31.9 Å². The van der Waals surface area contributed by atoms with E-state index >= 15 is 0 Å². The van der Waals surface area contributed by atoms with Gasteiger partial charge < -0.3 is 20.5 Å². The second-order valence-electron chi connectivity index (χ2n) is 7.66. The zero-order valence-electron chi connectivity index (χ0n) is 16.5. The van der Waals surface area contributed by atoms with Crippen LogP contribution < -0.4 is 10.6 Å². The molecule has 1 amide bonds. The minimum Gasteiger partial charge on any atom is -0.444 e. The van der Waals surface area contributed by atoms with E-state index in [0.29, 0.717) is 19.5 Å². The Bertz CT molecular complexity index is 710. The lowest BCUT2D eigenvalue weighted by molar-refractivity contribution is 0.0422. The van der Waals surface area contributed by atoms with Gasteiger partial charge in [-0.15, -0.1) is 0 Å². The Morgan fingerprint density at radius 2 is 1.96 bits per heavy atom. The summed E-state index contributed by atoms with van der Waals surface area (Å²) in [7, 11) is 1.86. The van der Waals surface area contributed by atoms with Gasteiger partial charge in [-0.1, -0.05) is 30.3 Å². The van der Waals surface area contributed by atoms with E-state index in [2.05, 4.69) is 15.7 Å². The van der Waals surface area contributed by atoms with E-state index in [0.717, 1.165) is 11.1 Å². The van der Waals surface area contributed by atoms with Crippen molar-refractivity contribution in [1.29, 1.82) is 0 Å². The first-order chi connectivity index (χ1) is 12.7. The van der Waals surface area contributed by atoms with Crippen LogP contribution in [0.2, 0.25) is 0 Å². The lowest BCUT2D eigenvalue weighted by Crippen LogP contribution is -2.49. The highest BCUT2D eigenvalue weighted by Crippen LogP contribution is 2.10. The van der Waals surface area contributed by atoms with E-state index < -0.39 is 23.8 Å². The Balaban J connectivity index is 1.95. The number of carbonyl (C=O) groups excluding carboxylic acids is 1. The van der Waals surface area contributed by atoms with Crippen molar-refractivity contribution in [1.82, 2.24) is 20.4 Å². The van der Waals surface area contributed by atoms with Crippen LogP contribution in [0.15, 0.2) is 42.7 Å². The van der Waals surface area contributed by atoms with E-state index in [1.54, 1.807) is 10.9 Å². The molecule has 0 unspecified atom stereocenters. The largest absolute Gasteiger partial charge is 0.444 e. The van der Waals surface area contributed by atoms with Crippen molar-refractivity contribution in [2.75, 3.05) is 6.54 Å². The average Bonchev–Trinajstić information content (AvgIpc) is 2.98. The fraction of sp³-hybridized carbons (Fsp3) is 0.500. The van der Waals surface area contributed by atoms with Crippen LogP contribution in [0, 0.1) is 0 Å². The van der Waals surface area contributed by atoms with Gasteiger partial charge in [0, 0.05) is 31.9 Å². The van der Waals surface area contributed by atoms with Gasteiger partial charge >= 0.3 is 6.09 Å². The number of alkyl carbamates (subject to hydrolysis) is 1. The molecule has 0 aliphatic rings. The lowest BCUT2D eigenvalue weighted by atomic mass is 10.0. The average molecular weight is 374 g/mol. The molecule has 1 heterocycles. The number of hydrogen-bond acceptors (Lipinski definition) is 5. The van der Waals surface area contributed by atoms with Gasteiger partial charge in [0.05, 0.1) is 18.3 Å². The molecule has 0 aliphatic heterocycles. The number of nitrogens with one attached hydrogen (secondary N) is 2. The van der Waals surface area contributed by atoms with Crippen LogP contribution in [-0.4, -0.2) is 45.3 Å². The minimum atomic E-state index is -0.769. The summed E-state index contributed by atoms with van der Waals surface area (Å²) in [4.78, 5) is 12.2. The van der Waals surface area contributed by atoms with Gasteiger partial charge in [-0.25, -0.2) is 4.79 Å². The maximum atomic E-state index is 12.2. The number of ether oxygens (including phenoxy) is 1. The third-order valence-electron chi connectivity index (χ3n) is 3.91. The monoisotopic (exact) mass is 374 g/mol. The van der Waals surface area contributed by atoms with Gasteiger partial charge in [0.2, 0.25) is 0 Å². The maximum absolute atomic E-state index is 12.2. The highest BCUT2D eigenvalue weighted by atomic mass is 16.6. The van der Waals surface area contributed by atoms with Gasteiger partial charge in [-0.3, -0.25) is 4.68 Å². The predicted molar refractivity (Wildman–Crippen MR) is 104 cm³/mol. The summed E-state index contributed by atoms with van der Waals surface area (Å²) in [5.41, 5.74) is 1.47. The quantitative estimate of drug-likeness (QED) is 0.658. The summed E-state index contributed by atoms with van der Waals surface area (Å²) in [6.07, 6.45) is 2.90. The molecule has 27 heavy (non-hydrogen) atoms. The second-order valence-corrected chi connectivity index (χ2v) is 7.66. The molecule has 0 aliphatic carbocycles. The van der Waals surface area contributed by atoms with Crippen LogP contribution in [0.3, 0.4) is 0 Å². The van der Waals surface area contributed by atoms with Crippen molar-refractivity contribution < 1.29 is 14.6 Å². The highest BCUT2D eigenvalue weighted by molar-refractivity contribution is 5.68. The number of amides is 1. The Kier molecular flexibility index (Phi) is 7.38. The maximum Gasteiger partial charge on any atom is 0.407 e. The van der Waals surface area contributed by atoms with Crippen molar-refractivity contribution in [3.63, 3.8) is 0 Å². The second kappa shape index (κ2) is 9.53. The molecule has 2 rings (SSSR count). The summed E-state index contributed by atoms with van der Waals surface area (Å²) in [6.45, 7) is 6.36. The summed E-state index contributed by atoms with van der Waals surface area (Å²) >= 11 is 0. The van der Waals surface area contributed by atoms with Crippen molar-refractivity contribution in [2.45, 2.75) is 51.5 Å². The van der Waals surface area contributed by atoms with Gasteiger partial charge in [-0.2, -0.15) is 5.10 Å². The van der Waals surface area contributed by atoms with E-state index in [1.165, 1.54) is 0 Å². The summed E-state index contributed by atoms with van der Waals surface area (Å²) in [5.74, 6) is 0. The minimum absolute atomic E-state index is 0.336. The van der Waals surface area contributed by atoms with E-state index in [-0.39, 0.29) is 0 Å². The molecule has 2 atom stereocenters. The first-order valence-corrected chi connectivity index (χ1v) is 9.12. The van der Waals surface area contributed by atoms with Crippen LogP contribution in [0.25, 0.3) is 0 Å². The molecule has 0 fully saturated rings. The molecule has 0 saturated heterocycles. The number of hydrogen-bond donors (Lipinski definition) is 3. The lowest BCUT2D eigenvalue weighted by Gasteiger charge is -2.27.